The maximum atomic E-state index is 12.8. The average molecular weight is 365 g/mol. The summed E-state index contributed by atoms with van der Waals surface area (Å²) >= 11 is 0. The molecule has 0 spiro atoms. The van der Waals surface area contributed by atoms with E-state index < -0.39 is 21.4 Å². The summed E-state index contributed by atoms with van der Waals surface area (Å²) in [6.45, 7) is 1.68. The standard InChI is InChI=1S/C16H19N3O5S/c1-16(15(20)21)7-8-18(11-16)25(22,23)12-9-17-19(10-12)13-5-3-4-6-14(13)24-2/h3-6,9-10H,7-8,11H2,1-2H3,(H,20,21). The number of para-hydroxylation sites is 2. The van der Waals surface area contributed by atoms with Crippen molar-refractivity contribution in [2.75, 3.05) is 20.2 Å². The number of aromatic nitrogens is 2. The van der Waals surface area contributed by atoms with Crippen LogP contribution in [-0.4, -0.2) is 53.8 Å². The van der Waals surface area contributed by atoms with Gasteiger partial charge in [0.2, 0.25) is 10.0 Å². The maximum absolute atomic E-state index is 12.8. The van der Waals surface area contributed by atoms with Crippen LogP contribution in [0, 0.1) is 5.41 Å². The van der Waals surface area contributed by atoms with Gasteiger partial charge in [0.05, 0.1) is 24.9 Å². The Hall–Kier alpha value is -2.39. The second-order valence-corrected chi connectivity index (χ2v) is 8.18. The molecule has 2 heterocycles. The number of carboxylic acids is 1. The van der Waals surface area contributed by atoms with E-state index in [9.17, 15) is 18.3 Å². The van der Waals surface area contributed by atoms with Gasteiger partial charge in [0, 0.05) is 13.1 Å². The third kappa shape index (κ3) is 3.00. The number of methoxy groups -OCH3 is 1. The number of ether oxygens (including phenoxy) is 1. The third-order valence-electron chi connectivity index (χ3n) is 4.48. The van der Waals surface area contributed by atoms with E-state index in [1.807, 2.05) is 0 Å². The predicted molar refractivity (Wildman–Crippen MR) is 89.2 cm³/mol. The molecule has 1 fully saturated rings. The topological polar surface area (TPSA) is 102 Å². The van der Waals surface area contributed by atoms with Gasteiger partial charge in [-0.2, -0.15) is 9.40 Å². The first kappa shape index (κ1) is 17.4. The van der Waals surface area contributed by atoms with Crippen LogP contribution in [0.15, 0.2) is 41.6 Å². The Balaban J connectivity index is 1.91. The van der Waals surface area contributed by atoms with Gasteiger partial charge < -0.3 is 9.84 Å². The predicted octanol–water partition coefficient (Wildman–Crippen LogP) is 1.37. The van der Waals surface area contributed by atoms with Gasteiger partial charge in [-0.3, -0.25) is 4.79 Å². The second-order valence-electron chi connectivity index (χ2n) is 6.25. The zero-order valence-corrected chi connectivity index (χ0v) is 14.7. The summed E-state index contributed by atoms with van der Waals surface area (Å²) in [5.74, 6) is -0.427. The van der Waals surface area contributed by atoms with Crippen LogP contribution < -0.4 is 4.74 Å². The van der Waals surface area contributed by atoms with Gasteiger partial charge in [0.25, 0.3) is 0 Å². The lowest BCUT2D eigenvalue weighted by Gasteiger charge is -2.19. The molecule has 0 aliphatic carbocycles. The molecule has 0 bridgehead atoms. The summed E-state index contributed by atoms with van der Waals surface area (Å²) in [5.41, 5.74) is -0.450. The normalized spacial score (nSPS) is 21.4. The van der Waals surface area contributed by atoms with Crippen LogP contribution in [0.3, 0.4) is 0 Å². The van der Waals surface area contributed by atoms with E-state index in [1.54, 1.807) is 31.2 Å². The van der Waals surface area contributed by atoms with Gasteiger partial charge in [-0.05, 0) is 25.5 Å². The van der Waals surface area contributed by atoms with Crippen molar-refractivity contribution in [3.63, 3.8) is 0 Å². The fourth-order valence-corrected chi connectivity index (χ4v) is 4.34. The molecule has 25 heavy (non-hydrogen) atoms. The molecule has 0 radical (unpaired) electrons. The highest BCUT2D eigenvalue weighted by Gasteiger charge is 2.45. The largest absolute Gasteiger partial charge is 0.494 e. The SMILES string of the molecule is COc1ccccc1-n1cc(S(=O)(=O)N2CCC(C)(C(=O)O)C2)cn1. The molecule has 3 rings (SSSR count). The number of aliphatic carboxylic acids is 1. The number of rotatable bonds is 5. The summed E-state index contributed by atoms with van der Waals surface area (Å²) in [6.07, 6.45) is 2.95. The number of sulfonamides is 1. The van der Waals surface area contributed by atoms with Gasteiger partial charge in [0.15, 0.2) is 0 Å². The summed E-state index contributed by atoms with van der Waals surface area (Å²) < 4.78 is 33.5. The molecule has 1 aliphatic heterocycles. The summed E-state index contributed by atoms with van der Waals surface area (Å²) in [4.78, 5) is 11.4. The van der Waals surface area contributed by atoms with Crippen LogP contribution in [0.2, 0.25) is 0 Å². The van der Waals surface area contributed by atoms with Gasteiger partial charge in [-0.25, -0.2) is 13.1 Å². The Morgan fingerprint density at radius 1 is 1.36 bits per heavy atom. The van der Waals surface area contributed by atoms with Crippen LogP contribution >= 0.6 is 0 Å². The highest BCUT2D eigenvalue weighted by atomic mass is 32.2. The molecule has 0 saturated carbocycles. The van der Waals surface area contributed by atoms with E-state index in [4.69, 9.17) is 4.74 Å². The summed E-state index contributed by atoms with van der Waals surface area (Å²) in [6, 6.07) is 7.12. The number of hydrogen-bond acceptors (Lipinski definition) is 5. The lowest BCUT2D eigenvalue weighted by atomic mass is 9.90. The van der Waals surface area contributed by atoms with Crippen LogP contribution in [0.25, 0.3) is 5.69 Å². The minimum atomic E-state index is -3.80. The minimum absolute atomic E-state index is 0.0213. The number of carboxylic acid groups (broad SMARTS) is 1. The molecule has 134 valence electrons. The molecule has 1 unspecified atom stereocenters. The summed E-state index contributed by atoms with van der Waals surface area (Å²) in [7, 11) is -2.28. The van der Waals surface area contributed by atoms with Gasteiger partial charge in [-0.15, -0.1) is 0 Å². The van der Waals surface area contributed by atoms with Crippen LogP contribution in [0.4, 0.5) is 0 Å². The fourth-order valence-electron chi connectivity index (χ4n) is 2.84. The van der Waals surface area contributed by atoms with Crippen molar-refractivity contribution in [3.8, 4) is 11.4 Å². The first-order valence-corrected chi connectivity index (χ1v) is 9.13. The van der Waals surface area contributed by atoms with E-state index in [1.165, 1.54) is 28.5 Å². The van der Waals surface area contributed by atoms with E-state index in [0.29, 0.717) is 11.4 Å². The number of hydrogen-bond donors (Lipinski definition) is 1. The minimum Gasteiger partial charge on any atom is -0.494 e. The quantitative estimate of drug-likeness (QED) is 0.859. The molecule has 2 aromatic rings. The smallest absolute Gasteiger partial charge is 0.310 e. The van der Waals surface area contributed by atoms with Crippen molar-refractivity contribution in [2.45, 2.75) is 18.2 Å². The lowest BCUT2D eigenvalue weighted by molar-refractivity contribution is -0.146. The van der Waals surface area contributed by atoms with Crippen molar-refractivity contribution < 1.29 is 23.1 Å². The Morgan fingerprint density at radius 2 is 2.08 bits per heavy atom. The van der Waals surface area contributed by atoms with Crippen molar-refractivity contribution in [1.29, 1.82) is 0 Å². The first-order valence-electron chi connectivity index (χ1n) is 7.69. The van der Waals surface area contributed by atoms with Gasteiger partial charge >= 0.3 is 5.97 Å². The molecule has 1 N–H and O–H groups in total. The Bertz CT molecular complexity index is 908. The number of nitrogens with zero attached hydrogens (tertiary/aromatic N) is 3. The fraction of sp³-hybridized carbons (Fsp3) is 0.375. The molecule has 0 amide bonds. The third-order valence-corrected chi connectivity index (χ3v) is 6.28. The monoisotopic (exact) mass is 365 g/mol. The number of carbonyl (C=O) groups is 1. The number of benzene rings is 1. The Labute approximate surface area is 145 Å². The average Bonchev–Trinajstić information content (AvgIpc) is 3.23. The molecule has 1 aromatic carbocycles. The van der Waals surface area contributed by atoms with Crippen LogP contribution in [0.1, 0.15) is 13.3 Å². The molecule has 1 aromatic heterocycles. The van der Waals surface area contributed by atoms with Crippen LogP contribution in [0.5, 0.6) is 5.75 Å². The lowest BCUT2D eigenvalue weighted by Crippen LogP contribution is -2.34. The van der Waals surface area contributed by atoms with Crippen molar-refractivity contribution in [2.24, 2.45) is 5.41 Å². The zero-order chi connectivity index (χ0) is 18.2. The van der Waals surface area contributed by atoms with E-state index >= 15 is 0 Å². The van der Waals surface area contributed by atoms with E-state index in [0.717, 1.165) is 0 Å². The molecule has 1 atom stereocenters. The van der Waals surface area contributed by atoms with Crippen molar-refractivity contribution >= 4 is 16.0 Å². The Morgan fingerprint density at radius 3 is 2.72 bits per heavy atom. The first-order chi connectivity index (χ1) is 11.8. The molecule has 1 saturated heterocycles. The molecule has 1 aliphatic rings. The van der Waals surface area contributed by atoms with Crippen molar-refractivity contribution in [3.05, 3.63) is 36.7 Å². The zero-order valence-electron chi connectivity index (χ0n) is 13.9. The van der Waals surface area contributed by atoms with Gasteiger partial charge in [-0.1, -0.05) is 12.1 Å². The molecular weight excluding hydrogens is 346 g/mol. The van der Waals surface area contributed by atoms with Gasteiger partial charge in [0.1, 0.15) is 16.3 Å². The molecular formula is C16H19N3O5S. The summed E-state index contributed by atoms with van der Waals surface area (Å²) in [5, 5.41) is 13.4. The van der Waals surface area contributed by atoms with Crippen LogP contribution in [-0.2, 0) is 14.8 Å². The highest BCUT2D eigenvalue weighted by Crippen LogP contribution is 2.34. The molecule has 8 nitrogen and oxygen atoms in total. The highest BCUT2D eigenvalue weighted by molar-refractivity contribution is 7.89. The Kier molecular flexibility index (Phi) is 4.29. The van der Waals surface area contributed by atoms with Crippen molar-refractivity contribution in [1.82, 2.24) is 14.1 Å². The maximum Gasteiger partial charge on any atom is 0.310 e. The molecule has 9 heteroatoms. The van der Waals surface area contributed by atoms with E-state index in [2.05, 4.69) is 5.10 Å². The van der Waals surface area contributed by atoms with E-state index in [-0.39, 0.29) is 24.4 Å². The second kappa shape index (κ2) is 6.16.